The molecule has 1 aromatic heterocycles. The molecule has 1 aromatic carbocycles. The molecule has 1 amide bonds. The van der Waals surface area contributed by atoms with Crippen LogP contribution in [0.1, 0.15) is 0 Å². The van der Waals surface area contributed by atoms with Gasteiger partial charge in [-0.1, -0.05) is 18.2 Å². The summed E-state index contributed by atoms with van der Waals surface area (Å²) in [6.45, 7) is 3.41. The molecule has 122 valence electrons. The van der Waals surface area contributed by atoms with Crippen LogP contribution in [0.2, 0.25) is 0 Å². The van der Waals surface area contributed by atoms with E-state index in [-0.39, 0.29) is 11.5 Å². The van der Waals surface area contributed by atoms with Crippen molar-refractivity contribution in [1.82, 2.24) is 14.4 Å². The van der Waals surface area contributed by atoms with Gasteiger partial charge in [0.2, 0.25) is 5.91 Å². The predicted octanol–water partition coefficient (Wildman–Crippen LogP) is 1.40. The molecule has 2 aromatic rings. The van der Waals surface area contributed by atoms with Crippen molar-refractivity contribution in [3.8, 4) is 0 Å². The number of carbonyl (C=O) groups excluding carboxylic acids is 1. The lowest BCUT2D eigenvalue weighted by Crippen LogP contribution is -2.47. The minimum Gasteiger partial charge on any atom is -0.339 e. The lowest BCUT2D eigenvalue weighted by atomic mass is 10.2. The number of hydrogen-bond donors (Lipinski definition) is 0. The third kappa shape index (κ3) is 3.43. The minimum absolute atomic E-state index is 0.0433. The van der Waals surface area contributed by atoms with Gasteiger partial charge in [-0.15, -0.1) is 11.8 Å². The number of para-hydroxylation sites is 1. The maximum atomic E-state index is 12.4. The second-order valence-corrected chi connectivity index (χ2v) is 6.91. The minimum atomic E-state index is -0.0433. The Morgan fingerprint density at radius 1 is 1.13 bits per heavy atom. The van der Waals surface area contributed by atoms with E-state index in [2.05, 4.69) is 11.9 Å². The van der Waals surface area contributed by atoms with E-state index in [1.165, 1.54) is 11.8 Å². The second-order valence-electron chi connectivity index (χ2n) is 5.90. The zero-order chi connectivity index (χ0) is 16.4. The van der Waals surface area contributed by atoms with Crippen molar-refractivity contribution in [2.24, 2.45) is 7.05 Å². The quantitative estimate of drug-likeness (QED) is 0.798. The summed E-state index contributed by atoms with van der Waals surface area (Å²) in [7, 11) is 3.84. The lowest BCUT2D eigenvalue weighted by Gasteiger charge is -2.32. The summed E-state index contributed by atoms with van der Waals surface area (Å²) in [6.07, 6.45) is 0. The summed E-state index contributed by atoms with van der Waals surface area (Å²) in [5.41, 5.74) is 0.854. The molecule has 0 radical (unpaired) electrons. The van der Waals surface area contributed by atoms with Crippen molar-refractivity contribution >= 4 is 28.6 Å². The van der Waals surface area contributed by atoms with Gasteiger partial charge in [-0.2, -0.15) is 0 Å². The summed E-state index contributed by atoms with van der Waals surface area (Å²) in [5, 5.41) is 1.02. The molecular weight excluding hydrogens is 310 g/mol. The van der Waals surface area contributed by atoms with Crippen LogP contribution in [0.5, 0.6) is 0 Å². The van der Waals surface area contributed by atoms with Crippen molar-refractivity contribution in [3.05, 3.63) is 40.7 Å². The number of rotatable bonds is 3. The van der Waals surface area contributed by atoms with Crippen LogP contribution in [-0.2, 0) is 11.8 Å². The number of aryl methyl sites for hydroxylation is 1. The molecule has 6 heteroatoms. The first-order valence-electron chi connectivity index (χ1n) is 7.74. The van der Waals surface area contributed by atoms with Gasteiger partial charge in [0.05, 0.1) is 11.3 Å². The number of carbonyl (C=O) groups is 1. The fourth-order valence-corrected chi connectivity index (χ4v) is 3.76. The third-order valence-corrected chi connectivity index (χ3v) is 5.36. The fraction of sp³-hybridized carbons (Fsp3) is 0.412. The Morgan fingerprint density at radius 2 is 1.83 bits per heavy atom. The van der Waals surface area contributed by atoms with E-state index in [0.717, 1.165) is 42.0 Å². The first kappa shape index (κ1) is 16.1. The molecule has 1 aliphatic rings. The van der Waals surface area contributed by atoms with Gasteiger partial charge in [-0.25, -0.2) is 0 Å². The van der Waals surface area contributed by atoms with Gasteiger partial charge in [0.1, 0.15) is 0 Å². The Bertz CT molecular complexity index is 779. The van der Waals surface area contributed by atoms with Crippen molar-refractivity contribution in [2.45, 2.75) is 4.90 Å². The zero-order valence-corrected chi connectivity index (χ0v) is 14.3. The lowest BCUT2D eigenvalue weighted by molar-refractivity contribution is -0.129. The van der Waals surface area contributed by atoms with Gasteiger partial charge >= 0.3 is 0 Å². The number of likely N-dealkylation sites (N-methyl/N-ethyl adjacent to an activating group) is 1. The Balaban J connectivity index is 1.76. The van der Waals surface area contributed by atoms with Crippen LogP contribution < -0.4 is 5.56 Å². The third-order valence-electron chi connectivity index (χ3n) is 4.32. The highest BCUT2D eigenvalue weighted by molar-refractivity contribution is 8.00. The van der Waals surface area contributed by atoms with Gasteiger partial charge < -0.3 is 14.4 Å². The molecule has 23 heavy (non-hydrogen) atoms. The van der Waals surface area contributed by atoms with Crippen LogP contribution in [0.15, 0.2) is 40.0 Å². The number of thioether (sulfide) groups is 1. The Labute approximate surface area is 139 Å². The number of hydrogen-bond acceptors (Lipinski definition) is 4. The molecule has 3 rings (SSSR count). The maximum absolute atomic E-state index is 12.4. The molecule has 1 fully saturated rings. The molecule has 5 nitrogen and oxygen atoms in total. The zero-order valence-electron chi connectivity index (χ0n) is 13.5. The van der Waals surface area contributed by atoms with E-state index in [0.29, 0.717) is 5.75 Å². The number of nitrogens with zero attached hydrogens (tertiary/aromatic N) is 3. The standard InChI is InChI=1S/C17H21N3O2S/c1-18-7-9-20(10-8-18)17(22)12-23-15-11-16(21)19(2)14-6-4-3-5-13(14)15/h3-6,11H,7-10,12H2,1-2H3. The van der Waals surface area contributed by atoms with E-state index >= 15 is 0 Å². The fourth-order valence-electron chi connectivity index (χ4n) is 2.79. The molecule has 0 unspecified atom stereocenters. The van der Waals surface area contributed by atoms with Crippen LogP contribution in [0, 0.1) is 0 Å². The van der Waals surface area contributed by atoms with E-state index in [4.69, 9.17) is 0 Å². The van der Waals surface area contributed by atoms with Gasteiger partial charge in [-0.05, 0) is 13.1 Å². The van der Waals surface area contributed by atoms with Crippen molar-refractivity contribution < 1.29 is 4.79 Å². The first-order chi connectivity index (χ1) is 11.1. The normalized spacial score (nSPS) is 16.0. The highest BCUT2D eigenvalue weighted by Gasteiger charge is 2.19. The molecule has 0 bridgehead atoms. The van der Waals surface area contributed by atoms with Gasteiger partial charge in [0, 0.05) is 49.6 Å². The monoisotopic (exact) mass is 331 g/mol. The van der Waals surface area contributed by atoms with E-state index in [9.17, 15) is 9.59 Å². The van der Waals surface area contributed by atoms with Crippen LogP contribution >= 0.6 is 11.8 Å². The Hall–Kier alpha value is -1.79. The molecule has 0 N–H and O–H groups in total. The average Bonchev–Trinajstić information content (AvgIpc) is 2.57. The summed E-state index contributed by atoms with van der Waals surface area (Å²) in [4.78, 5) is 29.5. The molecular formula is C17H21N3O2S. The van der Waals surface area contributed by atoms with Gasteiger partial charge in [-0.3, -0.25) is 9.59 Å². The smallest absolute Gasteiger partial charge is 0.251 e. The van der Waals surface area contributed by atoms with Gasteiger partial charge in [0.15, 0.2) is 0 Å². The summed E-state index contributed by atoms with van der Waals surface area (Å²) in [5.74, 6) is 0.522. The van der Waals surface area contributed by atoms with Crippen LogP contribution in [0.4, 0.5) is 0 Å². The molecule has 1 saturated heterocycles. The summed E-state index contributed by atoms with van der Waals surface area (Å²) >= 11 is 1.46. The highest BCUT2D eigenvalue weighted by atomic mass is 32.2. The van der Waals surface area contributed by atoms with Crippen LogP contribution in [-0.4, -0.2) is 59.3 Å². The molecule has 0 atom stereocenters. The van der Waals surface area contributed by atoms with Crippen molar-refractivity contribution in [1.29, 1.82) is 0 Å². The molecule has 0 saturated carbocycles. The van der Waals surface area contributed by atoms with E-state index in [1.807, 2.05) is 29.2 Å². The molecule has 1 aliphatic heterocycles. The van der Waals surface area contributed by atoms with E-state index < -0.39 is 0 Å². The number of fused-ring (bicyclic) bond motifs is 1. The van der Waals surface area contributed by atoms with Crippen LogP contribution in [0.25, 0.3) is 10.9 Å². The average molecular weight is 331 g/mol. The molecule has 0 aliphatic carbocycles. The highest BCUT2D eigenvalue weighted by Crippen LogP contribution is 2.26. The van der Waals surface area contributed by atoms with Gasteiger partial charge in [0.25, 0.3) is 5.56 Å². The molecule has 2 heterocycles. The first-order valence-corrected chi connectivity index (χ1v) is 8.73. The SMILES string of the molecule is CN1CCN(C(=O)CSc2cc(=O)n(C)c3ccccc23)CC1. The Kier molecular flexibility index (Phi) is 4.73. The number of aromatic nitrogens is 1. The predicted molar refractivity (Wildman–Crippen MR) is 94.0 cm³/mol. The molecule has 0 spiro atoms. The van der Waals surface area contributed by atoms with Crippen LogP contribution in [0.3, 0.4) is 0 Å². The number of benzene rings is 1. The largest absolute Gasteiger partial charge is 0.339 e. The number of pyridine rings is 1. The Morgan fingerprint density at radius 3 is 2.57 bits per heavy atom. The summed E-state index contributed by atoms with van der Waals surface area (Å²) in [6, 6.07) is 9.44. The van der Waals surface area contributed by atoms with E-state index in [1.54, 1.807) is 17.7 Å². The topological polar surface area (TPSA) is 45.6 Å². The van der Waals surface area contributed by atoms with Crippen molar-refractivity contribution in [3.63, 3.8) is 0 Å². The van der Waals surface area contributed by atoms with Crippen molar-refractivity contribution in [2.75, 3.05) is 39.0 Å². The summed E-state index contributed by atoms with van der Waals surface area (Å²) < 4.78 is 1.64. The number of piperazine rings is 1. The number of amides is 1. The second kappa shape index (κ2) is 6.76. The maximum Gasteiger partial charge on any atom is 0.251 e.